The van der Waals surface area contributed by atoms with E-state index in [1.54, 1.807) is 0 Å². The molecular weight excluding hydrogens is 428 g/mol. The molecule has 0 radical (unpaired) electrons. The zero-order valence-electron chi connectivity index (χ0n) is 24.2. The summed E-state index contributed by atoms with van der Waals surface area (Å²) in [5, 5.41) is 7.63. The summed E-state index contributed by atoms with van der Waals surface area (Å²) < 4.78 is 0. The number of nitrogens with one attached hydrogen (secondary N) is 2. The van der Waals surface area contributed by atoms with Crippen molar-refractivity contribution in [1.29, 1.82) is 0 Å². The molecule has 1 aromatic rings. The summed E-state index contributed by atoms with van der Waals surface area (Å²) in [7, 11) is 0. The molecule has 0 aromatic heterocycles. The topological polar surface area (TPSA) is 30.5 Å². The molecule has 1 fully saturated rings. The molecule has 1 aromatic carbocycles. The third kappa shape index (κ3) is 11.8. The molecule has 2 rings (SSSR count). The number of rotatable bonds is 18. The minimum absolute atomic E-state index is 0.148. The Morgan fingerprint density at radius 2 is 1.49 bits per heavy atom. The zero-order chi connectivity index (χ0) is 25.5. The predicted molar refractivity (Wildman–Crippen MR) is 154 cm³/mol. The monoisotopic (exact) mass is 486 g/mol. The molecule has 1 aliphatic heterocycles. The van der Waals surface area contributed by atoms with Gasteiger partial charge in [-0.2, -0.15) is 0 Å². The number of aryl methyl sites for hydroxylation is 1. The van der Waals surface area contributed by atoms with Crippen molar-refractivity contribution in [2.75, 3.05) is 45.9 Å². The van der Waals surface area contributed by atoms with Crippen LogP contribution < -0.4 is 10.6 Å². The largest absolute Gasteiger partial charge is 0.311 e. The maximum atomic E-state index is 3.98. The van der Waals surface area contributed by atoms with E-state index in [-0.39, 0.29) is 5.54 Å². The minimum Gasteiger partial charge on any atom is -0.311 e. The van der Waals surface area contributed by atoms with Gasteiger partial charge in [0, 0.05) is 51.4 Å². The minimum atomic E-state index is 0.148. The Morgan fingerprint density at radius 1 is 0.886 bits per heavy atom. The number of hydrogen-bond donors (Lipinski definition) is 2. The average molecular weight is 487 g/mol. The molecular formula is C31H58N4. The highest BCUT2D eigenvalue weighted by Gasteiger charge is 2.35. The van der Waals surface area contributed by atoms with Crippen LogP contribution in [0.3, 0.4) is 0 Å². The van der Waals surface area contributed by atoms with Gasteiger partial charge in [-0.25, -0.2) is 0 Å². The molecule has 202 valence electrons. The second kappa shape index (κ2) is 16.7. The van der Waals surface area contributed by atoms with Gasteiger partial charge in [0.1, 0.15) is 0 Å². The van der Waals surface area contributed by atoms with Gasteiger partial charge in [-0.15, -0.1) is 0 Å². The average Bonchev–Trinajstić information content (AvgIpc) is 2.83. The Morgan fingerprint density at radius 3 is 2.00 bits per heavy atom. The van der Waals surface area contributed by atoms with Gasteiger partial charge in [0.15, 0.2) is 0 Å². The molecule has 0 saturated carbocycles. The van der Waals surface area contributed by atoms with Crippen LogP contribution in [0.5, 0.6) is 0 Å². The van der Waals surface area contributed by atoms with Crippen LogP contribution in [0.1, 0.15) is 97.1 Å². The van der Waals surface area contributed by atoms with Crippen LogP contribution in [0.2, 0.25) is 0 Å². The fourth-order valence-corrected chi connectivity index (χ4v) is 5.85. The first-order chi connectivity index (χ1) is 16.9. The second-order valence-electron chi connectivity index (χ2n) is 11.7. The smallest absolute Gasteiger partial charge is 0.0507 e. The van der Waals surface area contributed by atoms with Crippen LogP contribution in [-0.4, -0.2) is 61.3 Å². The molecule has 2 N–H and O–H groups in total. The summed E-state index contributed by atoms with van der Waals surface area (Å²) in [5.41, 5.74) is 2.86. The van der Waals surface area contributed by atoms with Crippen LogP contribution in [0.25, 0.3) is 0 Å². The molecule has 2 unspecified atom stereocenters. The van der Waals surface area contributed by atoms with Crippen LogP contribution >= 0.6 is 0 Å². The Balaban J connectivity index is 1.93. The molecule has 4 heteroatoms. The van der Waals surface area contributed by atoms with Crippen LogP contribution in [0.15, 0.2) is 24.3 Å². The van der Waals surface area contributed by atoms with Gasteiger partial charge in [-0.1, -0.05) is 96.0 Å². The molecule has 1 heterocycles. The van der Waals surface area contributed by atoms with E-state index in [2.05, 4.69) is 86.2 Å². The molecule has 0 aliphatic carbocycles. The lowest BCUT2D eigenvalue weighted by Crippen LogP contribution is -2.65. The van der Waals surface area contributed by atoms with E-state index in [4.69, 9.17) is 0 Å². The summed E-state index contributed by atoms with van der Waals surface area (Å²) in [4.78, 5) is 5.54. The van der Waals surface area contributed by atoms with Gasteiger partial charge in [-0.05, 0) is 44.1 Å². The zero-order valence-corrected chi connectivity index (χ0v) is 24.2. The standard InChI is InChI=1S/C31H58N4/c1-7-11-15-28(9-3)22-34-24-31(6,25-35(26-34)23-29(10-4)16-12-8-2)33-19-18-32-21-30-17-13-14-27(5)20-30/h13-14,17,20,28-29,32-33H,7-12,15-16,18-19,21-26H2,1-6H3. The van der Waals surface area contributed by atoms with Crippen molar-refractivity contribution in [2.45, 2.75) is 105 Å². The normalized spacial score (nSPS) is 21.3. The fourth-order valence-electron chi connectivity index (χ4n) is 5.85. The van der Waals surface area contributed by atoms with E-state index in [9.17, 15) is 0 Å². The summed E-state index contributed by atoms with van der Waals surface area (Å²) >= 11 is 0. The lowest BCUT2D eigenvalue weighted by atomic mass is 9.93. The third-order valence-corrected chi connectivity index (χ3v) is 7.93. The number of hydrogen-bond acceptors (Lipinski definition) is 4. The summed E-state index contributed by atoms with van der Waals surface area (Å²) in [5.74, 6) is 1.66. The highest BCUT2D eigenvalue weighted by molar-refractivity contribution is 5.21. The molecule has 0 amide bonds. The molecule has 2 atom stereocenters. The lowest BCUT2D eigenvalue weighted by Gasteiger charge is -2.48. The van der Waals surface area contributed by atoms with Crippen LogP contribution in [0.4, 0.5) is 0 Å². The van der Waals surface area contributed by atoms with E-state index in [1.165, 1.54) is 75.6 Å². The first-order valence-electron chi connectivity index (χ1n) is 14.9. The number of unbranched alkanes of at least 4 members (excludes halogenated alkanes) is 2. The Kier molecular flexibility index (Phi) is 14.5. The number of nitrogens with zero attached hydrogens (tertiary/aromatic N) is 2. The highest BCUT2D eigenvalue weighted by atomic mass is 15.4. The van der Waals surface area contributed by atoms with E-state index < -0.39 is 0 Å². The molecule has 1 aliphatic rings. The van der Waals surface area contributed by atoms with Crippen LogP contribution in [-0.2, 0) is 6.54 Å². The van der Waals surface area contributed by atoms with Crippen molar-refractivity contribution >= 4 is 0 Å². The van der Waals surface area contributed by atoms with Crippen molar-refractivity contribution in [3.05, 3.63) is 35.4 Å². The van der Waals surface area contributed by atoms with E-state index in [0.717, 1.165) is 51.2 Å². The van der Waals surface area contributed by atoms with Crippen molar-refractivity contribution < 1.29 is 0 Å². The number of benzene rings is 1. The SMILES string of the molecule is CCCCC(CC)CN1CN(CC(CC)CCCC)CC(C)(NCCNCc2cccc(C)c2)C1. The molecule has 0 bridgehead atoms. The maximum Gasteiger partial charge on any atom is 0.0507 e. The quantitative estimate of drug-likeness (QED) is 0.234. The van der Waals surface area contributed by atoms with Gasteiger partial charge >= 0.3 is 0 Å². The van der Waals surface area contributed by atoms with E-state index in [1.807, 2.05) is 0 Å². The van der Waals surface area contributed by atoms with Gasteiger partial charge in [-0.3, -0.25) is 9.80 Å². The van der Waals surface area contributed by atoms with Crippen molar-refractivity contribution in [3.8, 4) is 0 Å². The van der Waals surface area contributed by atoms with Crippen molar-refractivity contribution in [2.24, 2.45) is 11.8 Å². The maximum absolute atomic E-state index is 3.98. The fraction of sp³-hybridized carbons (Fsp3) is 0.806. The summed E-state index contributed by atoms with van der Waals surface area (Å²) in [6.45, 7) is 23.0. The predicted octanol–water partition coefficient (Wildman–Crippen LogP) is 6.44. The van der Waals surface area contributed by atoms with Gasteiger partial charge in [0.2, 0.25) is 0 Å². The highest BCUT2D eigenvalue weighted by Crippen LogP contribution is 2.23. The lowest BCUT2D eigenvalue weighted by molar-refractivity contribution is 0.00519. The molecule has 4 nitrogen and oxygen atoms in total. The van der Waals surface area contributed by atoms with Gasteiger partial charge in [0.25, 0.3) is 0 Å². The third-order valence-electron chi connectivity index (χ3n) is 7.93. The molecule has 1 saturated heterocycles. The second-order valence-corrected chi connectivity index (χ2v) is 11.7. The summed E-state index contributed by atoms with van der Waals surface area (Å²) in [6.07, 6.45) is 10.7. The molecule has 0 spiro atoms. The Labute approximate surface area is 218 Å². The van der Waals surface area contributed by atoms with E-state index >= 15 is 0 Å². The van der Waals surface area contributed by atoms with Gasteiger partial charge in [0.05, 0.1) is 6.67 Å². The van der Waals surface area contributed by atoms with Crippen molar-refractivity contribution in [1.82, 2.24) is 20.4 Å². The Bertz CT molecular complexity index is 650. The summed E-state index contributed by atoms with van der Waals surface area (Å²) in [6, 6.07) is 8.83. The van der Waals surface area contributed by atoms with Crippen LogP contribution in [0, 0.1) is 18.8 Å². The molecule has 35 heavy (non-hydrogen) atoms. The van der Waals surface area contributed by atoms with Gasteiger partial charge < -0.3 is 10.6 Å². The van der Waals surface area contributed by atoms with E-state index in [0.29, 0.717) is 0 Å². The van der Waals surface area contributed by atoms with Crippen molar-refractivity contribution in [3.63, 3.8) is 0 Å². The Hall–Kier alpha value is -0.940. The first kappa shape index (κ1) is 30.3. The first-order valence-corrected chi connectivity index (χ1v) is 14.9.